The predicted octanol–water partition coefficient (Wildman–Crippen LogP) is 4.29. The molecule has 0 atom stereocenters. The summed E-state index contributed by atoms with van der Waals surface area (Å²) in [6, 6.07) is 21.1. The molecule has 0 aliphatic rings. The fourth-order valence-electron chi connectivity index (χ4n) is 2.76. The van der Waals surface area contributed by atoms with Gasteiger partial charge in [0.25, 0.3) is 5.91 Å². The van der Waals surface area contributed by atoms with E-state index in [9.17, 15) is 4.79 Å². The summed E-state index contributed by atoms with van der Waals surface area (Å²) >= 11 is 0. The summed E-state index contributed by atoms with van der Waals surface area (Å²) in [7, 11) is 0. The van der Waals surface area contributed by atoms with E-state index in [-0.39, 0.29) is 5.91 Å². The molecule has 0 spiro atoms. The van der Waals surface area contributed by atoms with Gasteiger partial charge in [-0.2, -0.15) is 0 Å². The first-order valence-electron chi connectivity index (χ1n) is 8.31. The Balaban J connectivity index is 1.49. The van der Waals surface area contributed by atoms with Crippen molar-refractivity contribution in [3.8, 4) is 11.5 Å². The van der Waals surface area contributed by atoms with Gasteiger partial charge in [-0.1, -0.05) is 36.4 Å². The Morgan fingerprint density at radius 3 is 2.69 bits per heavy atom. The summed E-state index contributed by atoms with van der Waals surface area (Å²) in [5.74, 6) is 0.909. The fourth-order valence-corrected chi connectivity index (χ4v) is 2.76. The van der Waals surface area contributed by atoms with Crippen molar-refractivity contribution in [3.05, 3.63) is 90.4 Å². The van der Waals surface area contributed by atoms with E-state index in [4.69, 9.17) is 4.74 Å². The normalized spacial score (nSPS) is 10.6. The summed E-state index contributed by atoms with van der Waals surface area (Å²) in [6.07, 6.45) is 3.12. The van der Waals surface area contributed by atoms with Crippen LogP contribution in [0.15, 0.2) is 79.1 Å². The molecule has 0 aliphatic heterocycles. The number of fused-ring (bicyclic) bond motifs is 1. The summed E-state index contributed by atoms with van der Waals surface area (Å²) in [5.41, 5.74) is 2.38. The van der Waals surface area contributed by atoms with Crippen LogP contribution in [0.1, 0.15) is 16.1 Å². The molecule has 2 heterocycles. The monoisotopic (exact) mass is 343 g/mol. The molecule has 1 amide bonds. The van der Waals surface area contributed by atoms with Crippen LogP contribution in [0.3, 0.4) is 0 Å². The second-order valence-electron chi connectivity index (χ2n) is 5.85. The van der Waals surface area contributed by atoms with Gasteiger partial charge in [-0.3, -0.25) is 9.78 Å². The molecule has 0 saturated heterocycles. The van der Waals surface area contributed by atoms with Crippen molar-refractivity contribution in [3.63, 3.8) is 0 Å². The zero-order chi connectivity index (χ0) is 17.8. The number of nitrogens with zero attached hydrogens (tertiary/aromatic N) is 1. The second-order valence-corrected chi connectivity index (χ2v) is 5.85. The van der Waals surface area contributed by atoms with Crippen molar-refractivity contribution in [2.24, 2.45) is 0 Å². The number of amides is 1. The van der Waals surface area contributed by atoms with Gasteiger partial charge in [0.15, 0.2) is 0 Å². The first-order valence-corrected chi connectivity index (χ1v) is 8.31. The van der Waals surface area contributed by atoms with Crippen molar-refractivity contribution in [2.75, 3.05) is 0 Å². The lowest BCUT2D eigenvalue weighted by molar-refractivity contribution is 0.0948. The van der Waals surface area contributed by atoms with Crippen molar-refractivity contribution in [1.29, 1.82) is 0 Å². The molecule has 0 unspecified atom stereocenters. The van der Waals surface area contributed by atoms with Crippen LogP contribution in [0.5, 0.6) is 11.5 Å². The number of H-pyrrole nitrogens is 1. The molecule has 0 bridgehead atoms. The van der Waals surface area contributed by atoms with Crippen LogP contribution in [0, 0.1) is 0 Å². The number of nitrogens with one attached hydrogen (secondary N) is 2. The molecule has 4 rings (SSSR count). The van der Waals surface area contributed by atoms with E-state index in [1.807, 2.05) is 60.7 Å². The molecular formula is C21H17N3O2. The number of hydrogen-bond donors (Lipinski definition) is 2. The lowest BCUT2D eigenvalue weighted by atomic mass is 10.2. The van der Waals surface area contributed by atoms with Crippen LogP contribution in [-0.2, 0) is 6.54 Å². The van der Waals surface area contributed by atoms with Crippen molar-refractivity contribution in [1.82, 2.24) is 15.3 Å². The summed E-state index contributed by atoms with van der Waals surface area (Å²) in [5, 5.41) is 4.03. The summed E-state index contributed by atoms with van der Waals surface area (Å²) < 4.78 is 5.82. The number of carbonyl (C=O) groups excluding carboxylic acids is 1. The van der Waals surface area contributed by atoms with E-state index in [0.29, 0.717) is 23.6 Å². The van der Waals surface area contributed by atoms with Gasteiger partial charge in [0.05, 0.1) is 6.54 Å². The molecule has 5 heteroatoms. The molecule has 0 fully saturated rings. The third-order valence-electron chi connectivity index (χ3n) is 4.02. The van der Waals surface area contributed by atoms with Gasteiger partial charge in [-0.05, 0) is 35.7 Å². The molecule has 0 radical (unpaired) electrons. The largest absolute Gasteiger partial charge is 0.456 e. The first-order chi connectivity index (χ1) is 12.8. The first kappa shape index (κ1) is 15.9. The topological polar surface area (TPSA) is 67.0 Å². The Kier molecular flexibility index (Phi) is 4.35. The molecule has 4 aromatic rings. The van der Waals surface area contributed by atoms with E-state index in [1.54, 1.807) is 12.3 Å². The van der Waals surface area contributed by atoms with E-state index in [0.717, 1.165) is 16.6 Å². The molecular weight excluding hydrogens is 326 g/mol. The van der Waals surface area contributed by atoms with Crippen molar-refractivity contribution < 1.29 is 9.53 Å². The number of aromatic amines is 1. The van der Waals surface area contributed by atoms with Crippen LogP contribution in [0.25, 0.3) is 10.9 Å². The zero-order valence-electron chi connectivity index (χ0n) is 14.0. The SMILES string of the molecule is O=C(NCc1cc2ccccc2[nH]1)c1cnccc1Oc1ccccc1. The van der Waals surface area contributed by atoms with Crippen LogP contribution >= 0.6 is 0 Å². The number of rotatable bonds is 5. The van der Waals surface area contributed by atoms with E-state index in [1.165, 1.54) is 6.20 Å². The minimum atomic E-state index is -0.234. The van der Waals surface area contributed by atoms with Crippen molar-refractivity contribution >= 4 is 16.8 Å². The lowest BCUT2D eigenvalue weighted by Gasteiger charge is -2.10. The van der Waals surface area contributed by atoms with Crippen LogP contribution in [0.2, 0.25) is 0 Å². The average molecular weight is 343 g/mol. The maximum absolute atomic E-state index is 12.6. The number of ether oxygens (including phenoxy) is 1. The number of pyridine rings is 1. The molecule has 2 N–H and O–H groups in total. The van der Waals surface area contributed by atoms with Gasteiger partial charge in [-0.15, -0.1) is 0 Å². The molecule has 0 aliphatic carbocycles. The second kappa shape index (κ2) is 7.11. The number of carbonyl (C=O) groups is 1. The molecule has 0 saturated carbocycles. The molecule has 2 aromatic carbocycles. The van der Waals surface area contributed by atoms with Crippen LogP contribution in [-0.4, -0.2) is 15.9 Å². The predicted molar refractivity (Wildman–Crippen MR) is 100 cm³/mol. The lowest BCUT2D eigenvalue weighted by Crippen LogP contribution is -2.23. The summed E-state index contributed by atoms with van der Waals surface area (Å²) in [6.45, 7) is 0.396. The summed E-state index contributed by atoms with van der Waals surface area (Å²) in [4.78, 5) is 19.9. The maximum Gasteiger partial charge on any atom is 0.256 e. The van der Waals surface area contributed by atoms with E-state index >= 15 is 0 Å². The van der Waals surface area contributed by atoms with Gasteiger partial charge in [0, 0.05) is 23.6 Å². The minimum Gasteiger partial charge on any atom is -0.456 e. The van der Waals surface area contributed by atoms with Gasteiger partial charge >= 0.3 is 0 Å². The Morgan fingerprint density at radius 1 is 1.04 bits per heavy atom. The highest BCUT2D eigenvalue weighted by Gasteiger charge is 2.13. The number of hydrogen-bond acceptors (Lipinski definition) is 3. The van der Waals surface area contributed by atoms with Gasteiger partial charge in [-0.25, -0.2) is 0 Å². The number of aromatic nitrogens is 2. The zero-order valence-corrected chi connectivity index (χ0v) is 14.0. The van der Waals surface area contributed by atoms with Gasteiger partial charge in [0.2, 0.25) is 0 Å². The van der Waals surface area contributed by atoms with Gasteiger partial charge < -0.3 is 15.0 Å². The maximum atomic E-state index is 12.6. The van der Waals surface area contributed by atoms with Crippen LogP contribution in [0.4, 0.5) is 0 Å². The molecule has 5 nitrogen and oxygen atoms in total. The Morgan fingerprint density at radius 2 is 1.85 bits per heavy atom. The standard InChI is InChI=1S/C21H17N3O2/c25-21(23-13-16-12-15-6-4-5-9-19(15)24-16)18-14-22-11-10-20(18)26-17-7-2-1-3-8-17/h1-12,14,24H,13H2,(H,23,25). The highest BCUT2D eigenvalue weighted by atomic mass is 16.5. The highest BCUT2D eigenvalue weighted by Crippen LogP contribution is 2.24. The van der Waals surface area contributed by atoms with Crippen molar-refractivity contribution in [2.45, 2.75) is 6.54 Å². The van der Waals surface area contributed by atoms with E-state index in [2.05, 4.69) is 15.3 Å². The minimum absolute atomic E-state index is 0.234. The Bertz CT molecular complexity index is 1010. The highest BCUT2D eigenvalue weighted by molar-refractivity contribution is 5.96. The average Bonchev–Trinajstić information content (AvgIpc) is 3.10. The quantitative estimate of drug-likeness (QED) is 0.568. The Hall–Kier alpha value is -3.60. The third kappa shape index (κ3) is 3.42. The Labute approximate surface area is 150 Å². The number of benzene rings is 2. The fraction of sp³-hybridized carbons (Fsp3) is 0.0476. The van der Waals surface area contributed by atoms with Crippen LogP contribution < -0.4 is 10.1 Å². The molecule has 26 heavy (non-hydrogen) atoms. The molecule has 128 valence electrons. The molecule has 2 aromatic heterocycles. The van der Waals surface area contributed by atoms with E-state index < -0.39 is 0 Å². The smallest absolute Gasteiger partial charge is 0.256 e. The number of para-hydroxylation sites is 2. The van der Waals surface area contributed by atoms with Gasteiger partial charge in [0.1, 0.15) is 17.1 Å². The third-order valence-corrected chi connectivity index (χ3v) is 4.02.